The monoisotopic (exact) mass is 366 g/mol. The number of thiophene rings is 1. The Balaban J connectivity index is 1.82. The van der Waals surface area contributed by atoms with Crippen LogP contribution < -0.4 is 10.6 Å². The molecular formula is C18H26N2O4S. The van der Waals surface area contributed by atoms with Gasteiger partial charge in [0.25, 0.3) is 5.91 Å². The molecule has 7 heteroatoms. The summed E-state index contributed by atoms with van der Waals surface area (Å²) < 4.78 is 5.03. The van der Waals surface area contributed by atoms with Crippen molar-refractivity contribution in [2.75, 3.05) is 6.61 Å². The number of esters is 1. The van der Waals surface area contributed by atoms with E-state index in [0.717, 1.165) is 32.1 Å². The maximum absolute atomic E-state index is 12.1. The Morgan fingerprint density at radius 3 is 2.80 bits per heavy atom. The second-order valence-corrected chi connectivity index (χ2v) is 7.62. The lowest BCUT2D eigenvalue weighted by Gasteiger charge is -2.19. The van der Waals surface area contributed by atoms with Gasteiger partial charge in [0, 0.05) is 10.9 Å². The van der Waals surface area contributed by atoms with Gasteiger partial charge in [0.15, 0.2) is 6.61 Å². The van der Waals surface area contributed by atoms with E-state index in [-0.39, 0.29) is 6.04 Å². The molecule has 2 rings (SSSR count). The normalized spacial score (nSPS) is 17.3. The van der Waals surface area contributed by atoms with Crippen molar-refractivity contribution in [1.82, 2.24) is 10.6 Å². The van der Waals surface area contributed by atoms with Crippen LogP contribution in [-0.4, -0.2) is 30.6 Å². The maximum atomic E-state index is 12.1. The lowest BCUT2D eigenvalue weighted by atomic mass is 9.87. The summed E-state index contributed by atoms with van der Waals surface area (Å²) >= 11 is 1.45. The number of carbonyl (C=O) groups excluding carboxylic acids is 3. The standard InChI is InChI=1S/C18H26N2O4S/c1-4-11(3)19-18(23)20-16(21)10-24-17(22)15-9-13-8-12(5-2)6-7-14(13)25-15/h9,11-12H,4-8,10H2,1-3H3,(H2,19,20,21,23)/t11-,12-/m0/s1. The largest absolute Gasteiger partial charge is 0.451 e. The number of hydrogen-bond acceptors (Lipinski definition) is 5. The Kier molecular flexibility index (Phi) is 6.99. The van der Waals surface area contributed by atoms with Crippen LogP contribution in [0, 0.1) is 5.92 Å². The van der Waals surface area contributed by atoms with E-state index in [2.05, 4.69) is 17.6 Å². The Hall–Kier alpha value is -1.89. The summed E-state index contributed by atoms with van der Waals surface area (Å²) in [5, 5.41) is 4.76. The molecule has 1 aliphatic rings. The average Bonchev–Trinajstić information content (AvgIpc) is 3.02. The fourth-order valence-electron chi connectivity index (χ4n) is 2.78. The Labute approximate surface area is 152 Å². The molecule has 1 aliphatic carbocycles. The van der Waals surface area contributed by atoms with Gasteiger partial charge in [-0.25, -0.2) is 9.59 Å². The number of nitrogens with one attached hydrogen (secondary N) is 2. The molecule has 3 amide bonds. The Morgan fingerprint density at radius 1 is 1.36 bits per heavy atom. The molecule has 1 heterocycles. The van der Waals surface area contributed by atoms with Crippen LogP contribution in [-0.2, 0) is 22.4 Å². The molecular weight excluding hydrogens is 340 g/mol. The van der Waals surface area contributed by atoms with Crippen molar-refractivity contribution >= 4 is 29.2 Å². The van der Waals surface area contributed by atoms with Gasteiger partial charge in [-0.05, 0) is 50.2 Å². The molecule has 0 radical (unpaired) electrons. The molecule has 0 aliphatic heterocycles. The summed E-state index contributed by atoms with van der Waals surface area (Å²) in [6.45, 7) is 5.49. The summed E-state index contributed by atoms with van der Waals surface area (Å²) in [6.07, 6.45) is 5.08. The van der Waals surface area contributed by atoms with E-state index in [1.807, 2.05) is 19.9 Å². The quantitative estimate of drug-likeness (QED) is 0.758. The van der Waals surface area contributed by atoms with Gasteiger partial charge in [-0.2, -0.15) is 0 Å². The first-order valence-electron chi connectivity index (χ1n) is 8.81. The van der Waals surface area contributed by atoms with E-state index < -0.39 is 24.5 Å². The molecule has 138 valence electrons. The van der Waals surface area contributed by atoms with Crippen molar-refractivity contribution in [3.8, 4) is 0 Å². The van der Waals surface area contributed by atoms with E-state index in [4.69, 9.17) is 4.74 Å². The minimum atomic E-state index is -0.637. The first kappa shape index (κ1) is 19.4. The summed E-state index contributed by atoms with van der Waals surface area (Å²) in [5.41, 5.74) is 1.23. The van der Waals surface area contributed by atoms with Crippen molar-refractivity contribution in [3.05, 3.63) is 21.4 Å². The summed E-state index contributed by atoms with van der Waals surface area (Å²) in [5.74, 6) is -0.466. The van der Waals surface area contributed by atoms with Crippen LogP contribution in [0.2, 0.25) is 0 Å². The minimum Gasteiger partial charge on any atom is -0.451 e. The number of carbonyl (C=O) groups is 3. The minimum absolute atomic E-state index is 0.0280. The maximum Gasteiger partial charge on any atom is 0.348 e. The van der Waals surface area contributed by atoms with Crippen molar-refractivity contribution in [3.63, 3.8) is 0 Å². The lowest BCUT2D eigenvalue weighted by Crippen LogP contribution is -2.44. The highest BCUT2D eigenvalue weighted by Gasteiger charge is 2.23. The van der Waals surface area contributed by atoms with Crippen LogP contribution >= 0.6 is 11.3 Å². The van der Waals surface area contributed by atoms with Crippen LogP contribution in [0.5, 0.6) is 0 Å². The summed E-state index contributed by atoms with van der Waals surface area (Å²) in [6, 6.07) is 1.28. The van der Waals surface area contributed by atoms with Crippen LogP contribution in [0.3, 0.4) is 0 Å². The third-order valence-corrected chi connectivity index (χ3v) is 5.76. The van der Waals surface area contributed by atoms with E-state index in [1.54, 1.807) is 0 Å². The number of hydrogen-bond donors (Lipinski definition) is 2. The second kappa shape index (κ2) is 8.99. The van der Waals surface area contributed by atoms with Gasteiger partial charge in [-0.1, -0.05) is 20.3 Å². The third-order valence-electron chi connectivity index (χ3n) is 4.54. The van der Waals surface area contributed by atoms with Gasteiger partial charge in [0.1, 0.15) is 4.88 Å². The summed E-state index contributed by atoms with van der Waals surface area (Å²) in [7, 11) is 0. The van der Waals surface area contributed by atoms with Crippen molar-refractivity contribution in [1.29, 1.82) is 0 Å². The van der Waals surface area contributed by atoms with Crippen LogP contribution in [0.4, 0.5) is 4.79 Å². The van der Waals surface area contributed by atoms with Crippen molar-refractivity contribution < 1.29 is 19.1 Å². The zero-order chi connectivity index (χ0) is 18.4. The molecule has 2 atom stereocenters. The average molecular weight is 366 g/mol. The predicted octanol–water partition coefficient (Wildman–Crippen LogP) is 3.04. The highest BCUT2D eigenvalue weighted by molar-refractivity contribution is 7.14. The zero-order valence-electron chi connectivity index (χ0n) is 15.0. The molecule has 0 bridgehead atoms. The second-order valence-electron chi connectivity index (χ2n) is 6.48. The number of amides is 3. The zero-order valence-corrected chi connectivity index (χ0v) is 15.8. The molecule has 25 heavy (non-hydrogen) atoms. The molecule has 0 unspecified atom stereocenters. The van der Waals surface area contributed by atoms with Gasteiger partial charge >= 0.3 is 12.0 Å². The first-order valence-corrected chi connectivity index (χ1v) is 9.63. The van der Waals surface area contributed by atoms with Crippen LogP contribution in [0.15, 0.2) is 6.07 Å². The predicted molar refractivity (Wildman–Crippen MR) is 96.8 cm³/mol. The SMILES string of the molecule is CC[C@H]1CCc2sc(C(=O)OCC(=O)NC(=O)N[C@@H](C)CC)cc2C1. The van der Waals surface area contributed by atoms with E-state index in [1.165, 1.54) is 21.8 Å². The fraction of sp³-hybridized carbons (Fsp3) is 0.611. The molecule has 1 aromatic heterocycles. The topological polar surface area (TPSA) is 84.5 Å². The lowest BCUT2D eigenvalue weighted by molar-refractivity contribution is -0.123. The first-order chi connectivity index (χ1) is 11.9. The third kappa shape index (κ3) is 5.56. The van der Waals surface area contributed by atoms with Crippen LogP contribution in [0.1, 0.15) is 60.1 Å². The molecule has 0 fully saturated rings. The number of urea groups is 1. The van der Waals surface area contributed by atoms with Crippen molar-refractivity contribution in [2.24, 2.45) is 5.92 Å². The number of fused-ring (bicyclic) bond motifs is 1. The number of ether oxygens (including phenoxy) is 1. The van der Waals surface area contributed by atoms with Gasteiger partial charge in [0.05, 0.1) is 0 Å². The number of imide groups is 1. The van der Waals surface area contributed by atoms with E-state index in [9.17, 15) is 14.4 Å². The smallest absolute Gasteiger partial charge is 0.348 e. The molecule has 0 saturated heterocycles. The van der Waals surface area contributed by atoms with Crippen molar-refractivity contribution in [2.45, 2.75) is 58.9 Å². The Bertz CT molecular complexity index is 641. The number of rotatable bonds is 6. The fourth-order valence-corrected chi connectivity index (χ4v) is 3.88. The molecule has 2 N–H and O–H groups in total. The molecule has 0 saturated carbocycles. The van der Waals surface area contributed by atoms with Gasteiger partial charge < -0.3 is 10.1 Å². The molecule has 1 aromatic rings. The highest BCUT2D eigenvalue weighted by atomic mass is 32.1. The van der Waals surface area contributed by atoms with Gasteiger partial charge in [0.2, 0.25) is 0 Å². The number of aryl methyl sites for hydroxylation is 1. The summed E-state index contributed by atoms with van der Waals surface area (Å²) in [4.78, 5) is 37.1. The molecule has 0 aromatic carbocycles. The van der Waals surface area contributed by atoms with Gasteiger partial charge in [-0.15, -0.1) is 11.3 Å². The molecule has 0 spiro atoms. The Morgan fingerprint density at radius 2 is 2.12 bits per heavy atom. The van der Waals surface area contributed by atoms with E-state index in [0.29, 0.717) is 10.8 Å². The highest BCUT2D eigenvalue weighted by Crippen LogP contribution is 2.33. The van der Waals surface area contributed by atoms with Gasteiger partial charge in [-0.3, -0.25) is 10.1 Å². The molecule has 6 nitrogen and oxygen atoms in total. The van der Waals surface area contributed by atoms with Crippen LogP contribution in [0.25, 0.3) is 0 Å². The van der Waals surface area contributed by atoms with E-state index >= 15 is 0 Å².